The van der Waals surface area contributed by atoms with Crippen LogP contribution in [0, 0.1) is 0 Å². The Morgan fingerprint density at radius 3 is 3.06 bits per heavy atom. The van der Waals surface area contributed by atoms with Gasteiger partial charge in [-0.25, -0.2) is 4.98 Å². The first-order chi connectivity index (χ1) is 7.75. The Bertz CT molecular complexity index is 337. The molecule has 16 heavy (non-hydrogen) atoms. The van der Waals surface area contributed by atoms with E-state index in [1.165, 1.54) is 19.3 Å². The minimum Gasteiger partial charge on any atom is -0.358 e. The summed E-state index contributed by atoms with van der Waals surface area (Å²) in [5, 5.41) is 3.55. The summed E-state index contributed by atoms with van der Waals surface area (Å²) < 4.78 is 0.897. The first-order valence-electron chi connectivity index (χ1n) is 5.83. The van der Waals surface area contributed by atoms with E-state index < -0.39 is 0 Å². The van der Waals surface area contributed by atoms with Crippen molar-refractivity contribution in [2.45, 2.75) is 25.3 Å². The minimum absolute atomic E-state index is 0.611. The zero-order valence-electron chi connectivity index (χ0n) is 9.62. The van der Waals surface area contributed by atoms with E-state index >= 15 is 0 Å². The number of nitrogens with zero attached hydrogens (tertiary/aromatic N) is 2. The summed E-state index contributed by atoms with van der Waals surface area (Å²) in [6.45, 7) is 2.19. The number of rotatable bonds is 3. The topological polar surface area (TPSA) is 28.2 Å². The summed E-state index contributed by atoms with van der Waals surface area (Å²) >= 11 is 3.40. The van der Waals surface area contributed by atoms with Crippen LogP contribution in [-0.4, -0.2) is 31.2 Å². The lowest BCUT2D eigenvalue weighted by Gasteiger charge is -2.28. The molecule has 1 N–H and O–H groups in total. The molecular weight excluding hydrogens is 266 g/mol. The fraction of sp³-hybridized carbons (Fsp3) is 0.583. The summed E-state index contributed by atoms with van der Waals surface area (Å²) in [5.41, 5.74) is 0. The van der Waals surface area contributed by atoms with Gasteiger partial charge in [-0.15, -0.1) is 0 Å². The zero-order valence-corrected chi connectivity index (χ0v) is 11.2. The lowest BCUT2D eigenvalue weighted by molar-refractivity contribution is 0.403. The first kappa shape index (κ1) is 11.9. The fourth-order valence-electron chi connectivity index (χ4n) is 2.11. The van der Waals surface area contributed by atoms with Gasteiger partial charge >= 0.3 is 0 Å². The molecule has 1 atom stereocenters. The molecule has 2 heterocycles. The molecule has 1 fully saturated rings. The normalized spacial score (nSPS) is 20.8. The second kappa shape index (κ2) is 5.64. The van der Waals surface area contributed by atoms with Gasteiger partial charge in [0.25, 0.3) is 0 Å². The predicted octanol–water partition coefficient (Wildman–Crippen LogP) is 2.42. The number of pyridine rings is 1. The smallest absolute Gasteiger partial charge is 0.129 e. The third-order valence-corrected chi connectivity index (χ3v) is 3.44. The van der Waals surface area contributed by atoms with Crippen LogP contribution in [0.1, 0.15) is 19.3 Å². The molecule has 1 unspecified atom stereocenters. The molecule has 1 saturated heterocycles. The maximum Gasteiger partial charge on any atom is 0.129 e. The van der Waals surface area contributed by atoms with Crippen LogP contribution in [0.3, 0.4) is 0 Å². The molecule has 2 rings (SSSR count). The molecule has 4 heteroatoms. The fourth-order valence-corrected chi connectivity index (χ4v) is 2.45. The first-order valence-corrected chi connectivity index (χ1v) is 6.62. The summed E-state index contributed by atoms with van der Waals surface area (Å²) in [6.07, 6.45) is 3.94. The lowest BCUT2D eigenvalue weighted by atomic mass is 10.0. The van der Waals surface area contributed by atoms with Crippen molar-refractivity contribution in [3.63, 3.8) is 0 Å². The molecule has 1 aliphatic rings. The molecule has 1 aliphatic heterocycles. The van der Waals surface area contributed by atoms with E-state index in [1.807, 2.05) is 18.2 Å². The van der Waals surface area contributed by atoms with Crippen molar-refractivity contribution in [1.82, 2.24) is 10.3 Å². The number of nitrogens with one attached hydrogen (secondary N) is 1. The quantitative estimate of drug-likeness (QED) is 0.864. The maximum atomic E-state index is 4.45. The number of hydrogen-bond donors (Lipinski definition) is 1. The van der Waals surface area contributed by atoms with Crippen LogP contribution >= 0.6 is 15.9 Å². The van der Waals surface area contributed by atoms with Crippen LogP contribution in [0.15, 0.2) is 22.8 Å². The van der Waals surface area contributed by atoms with Gasteiger partial charge in [-0.2, -0.15) is 0 Å². The second-order valence-corrected chi connectivity index (χ2v) is 5.16. The minimum atomic E-state index is 0.611. The van der Waals surface area contributed by atoms with E-state index in [0.717, 1.165) is 23.5 Å². The highest BCUT2D eigenvalue weighted by atomic mass is 79.9. The van der Waals surface area contributed by atoms with Crippen molar-refractivity contribution < 1.29 is 0 Å². The summed E-state index contributed by atoms with van der Waals surface area (Å²) in [5.74, 6) is 1.03. The van der Waals surface area contributed by atoms with Crippen LogP contribution in [0.5, 0.6) is 0 Å². The van der Waals surface area contributed by atoms with Crippen LogP contribution in [0.2, 0.25) is 0 Å². The van der Waals surface area contributed by atoms with Gasteiger partial charge in [0.15, 0.2) is 0 Å². The molecule has 1 aromatic rings. The monoisotopic (exact) mass is 283 g/mol. The van der Waals surface area contributed by atoms with Gasteiger partial charge in [-0.05, 0) is 47.4 Å². The largest absolute Gasteiger partial charge is 0.358 e. The van der Waals surface area contributed by atoms with E-state index in [-0.39, 0.29) is 0 Å². The molecule has 88 valence electrons. The SMILES string of the molecule is CN(CC1CCCCN1)c1cccc(Br)n1. The van der Waals surface area contributed by atoms with Crippen molar-refractivity contribution in [3.8, 4) is 0 Å². The Morgan fingerprint density at radius 2 is 2.38 bits per heavy atom. The van der Waals surface area contributed by atoms with Crippen molar-refractivity contribution in [3.05, 3.63) is 22.8 Å². The molecule has 1 aromatic heterocycles. The van der Waals surface area contributed by atoms with Crippen LogP contribution in [0.25, 0.3) is 0 Å². The van der Waals surface area contributed by atoms with Crippen molar-refractivity contribution in [2.75, 3.05) is 25.0 Å². The molecule has 0 amide bonds. The van der Waals surface area contributed by atoms with Crippen molar-refractivity contribution in [1.29, 1.82) is 0 Å². The van der Waals surface area contributed by atoms with Gasteiger partial charge in [-0.1, -0.05) is 12.5 Å². The van der Waals surface area contributed by atoms with Gasteiger partial charge in [0.2, 0.25) is 0 Å². The second-order valence-electron chi connectivity index (χ2n) is 4.35. The molecule has 3 nitrogen and oxygen atoms in total. The Hall–Kier alpha value is -0.610. The predicted molar refractivity (Wildman–Crippen MR) is 70.8 cm³/mol. The van der Waals surface area contributed by atoms with Gasteiger partial charge in [0.05, 0.1) is 0 Å². The van der Waals surface area contributed by atoms with E-state index in [2.05, 4.69) is 38.2 Å². The van der Waals surface area contributed by atoms with E-state index in [1.54, 1.807) is 0 Å². The van der Waals surface area contributed by atoms with Gasteiger partial charge in [0, 0.05) is 19.6 Å². The highest BCUT2D eigenvalue weighted by molar-refractivity contribution is 9.10. The number of aromatic nitrogens is 1. The standard InChI is InChI=1S/C12H18BrN3/c1-16(9-10-5-2-3-8-14-10)12-7-4-6-11(13)15-12/h4,6-7,10,14H,2-3,5,8-9H2,1H3. The number of anilines is 1. The lowest BCUT2D eigenvalue weighted by Crippen LogP contribution is -2.42. The summed E-state index contributed by atoms with van der Waals surface area (Å²) in [4.78, 5) is 6.67. The molecule has 0 saturated carbocycles. The van der Waals surface area contributed by atoms with Crippen molar-refractivity contribution in [2.24, 2.45) is 0 Å². The van der Waals surface area contributed by atoms with E-state index in [4.69, 9.17) is 0 Å². The number of piperidine rings is 1. The molecule has 0 bridgehead atoms. The zero-order chi connectivity index (χ0) is 11.4. The third kappa shape index (κ3) is 3.19. The highest BCUT2D eigenvalue weighted by Gasteiger charge is 2.15. The molecule has 0 radical (unpaired) electrons. The maximum absolute atomic E-state index is 4.45. The molecular formula is C12H18BrN3. The van der Waals surface area contributed by atoms with Gasteiger partial charge in [0.1, 0.15) is 10.4 Å². The van der Waals surface area contributed by atoms with Crippen molar-refractivity contribution >= 4 is 21.7 Å². The van der Waals surface area contributed by atoms with Crippen LogP contribution in [-0.2, 0) is 0 Å². The van der Waals surface area contributed by atoms with Gasteiger partial charge in [-0.3, -0.25) is 0 Å². The van der Waals surface area contributed by atoms with E-state index in [0.29, 0.717) is 6.04 Å². The highest BCUT2D eigenvalue weighted by Crippen LogP contribution is 2.15. The third-order valence-electron chi connectivity index (χ3n) is 3.00. The average Bonchev–Trinajstić information content (AvgIpc) is 2.30. The Balaban J connectivity index is 1.94. The molecule has 0 aliphatic carbocycles. The van der Waals surface area contributed by atoms with Gasteiger partial charge < -0.3 is 10.2 Å². The Morgan fingerprint density at radius 1 is 1.50 bits per heavy atom. The average molecular weight is 284 g/mol. The number of halogens is 1. The molecule has 0 spiro atoms. The summed E-state index contributed by atoms with van der Waals surface area (Å²) in [6, 6.07) is 6.64. The van der Waals surface area contributed by atoms with E-state index in [9.17, 15) is 0 Å². The summed E-state index contributed by atoms with van der Waals surface area (Å²) in [7, 11) is 2.10. The van der Waals surface area contributed by atoms with Crippen LogP contribution < -0.4 is 10.2 Å². The number of likely N-dealkylation sites (N-methyl/N-ethyl adjacent to an activating group) is 1. The molecule has 0 aromatic carbocycles. The van der Waals surface area contributed by atoms with Crippen LogP contribution in [0.4, 0.5) is 5.82 Å². The Labute approximate surface area is 105 Å². The number of hydrogen-bond acceptors (Lipinski definition) is 3. The Kier molecular flexibility index (Phi) is 4.18.